The summed E-state index contributed by atoms with van der Waals surface area (Å²) in [6, 6.07) is 0. The van der Waals surface area contributed by atoms with E-state index in [-0.39, 0.29) is 24.3 Å². The molecule has 0 rings (SSSR count). The van der Waals surface area contributed by atoms with E-state index in [0.717, 1.165) is 0 Å². The average Bonchev–Trinajstić information content (AvgIpc) is 1.82. The van der Waals surface area contributed by atoms with E-state index in [1.54, 1.807) is 19.0 Å². The van der Waals surface area contributed by atoms with Crippen molar-refractivity contribution in [2.24, 2.45) is 16.6 Å². The second-order valence-electron chi connectivity index (χ2n) is 1.89. The van der Waals surface area contributed by atoms with Crippen LogP contribution in [0.4, 0.5) is 0 Å². The van der Waals surface area contributed by atoms with Crippen LogP contribution >= 0.6 is 12.4 Å². The van der Waals surface area contributed by atoms with Gasteiger partial charge in [0, 0.05) is 14.1 Å². The molecule has 0 fully saturated rings. The quantitative estimate of drug-likeness (QED) is 0.228. The third-order valence-corrected chi connectivity index (χ3v) is 0.749. The normalized spacial score (nSPS) is 9.82. The van der Waals surface area contributed by atoms with Crippen molar-refractivity contribution in [1.29, 1.82) is 5.41 Å². The van der Waals surface area contributed by atoms with Crippen LogP contribution in [0, 0.1) is 5.41 Å². The molecule has 0 spiro atoms. The maximum Gasteiger partial charge on any atom is 0.213 e. The maximum atomic E-state index is 6.71. The number of hydrogen-bond donors (Lipinski definition) is 4. The number of halogens is 1. The van der Waals surface area contributed by atoms with E-state index in [2.05, 4.69) is 10.5 Å². The molecular weight excluding hydrogens is 168 g/mol. The van der Waals surface area contributed by atoms with Crippen LogP contribution in [0.5, 0.6) is 0 Å². The molecule has 0 aromatic rings. The summed E-state index contributed by atoms with van der Waals surface area (Å²) in [5.41, 5.74) is 12.5. The molecule has 0 saturated carbocycles. The fraction of sp³-hybridized carbons (Fsp3) is 0.500. The predicted octanol–water partition coefficient (Wildman–Crippen LogP) is -1.32. The van der Waals surface area contributed by atoms with Crippen LogP contribution in [0.15, 0.2) is 5.10 Å². The molecule has 7 heteroatoms. The molecular formula is C4H13ClN6. The maximum absolute atomic E-state index is 6.71. The smallest absolute Gasteiger partial charge is 0.213 e. The molecule has 0 unspecified atom stereocenters. The minimum atomic E-state index is -0.232. The Balaban J connectivity index is 0. The van der Waals surface area contributed by atoms with Crippen molar-refractivity contribution in [3.63, 3.8) is 0 Å². The van der Waals surface area contributed by atoms with Crippen molar-refractivity contribution >= 4 is 24.3 Å². The van der Waals surface area contributed by atoms with E-state index < -0.39 is 0 Å². The lowest BCUT2D eigenvalue weighted by atomic mass is 10.8. The molecule has 0 aromatic carbocycles. The van der Waals surface area contributed by atoms with Crippen molar-refractivity contribution in [2.75, 3.05) is 14.1 Å². The molecule has 0 aliphatic carbocycles. The lowest BCUT2D eigenvalue weighted by Gasteiger charge is -2.09. The van der Waals surface area contributed by atoms with Crippen molar-refractivity contribution in [2.45, 2.75) is 0 Å². The topological polar surface area (TPSA) is 104 Å². The van der Waals surface area contributed by atoms with E-state index in [0.29, 0.717) is 0 Å². The van der Waals surface area contributed by atoms with Crippen molar-refractivity contribution < 1.29 is 0 Å². The summed E-state index contributed by atoms with van der Waals surface area (Å²) in [7, 11) is 3.47. The molecule has 0 aliphatic heterocycles. The number of hydrazone groups is 1. The van der Waals surface area contributed by atoms with Crippen LogP contribution in [0.25, 0.3) is 0 Å². The number of nitrogens with zero attached hydrogens (tertiary/aromatic N) is 2. The van der Waals surface area contributed by atoms with Gasteiger partial charge in [0.15, 0.2) is 0 Å². The highest BCUT2D eigenvalue weighted by Gasteiger charge is 1.91. The molecule has 11 heavy (non-hydrogen) atoms. The van der Waals surface area contributed by atoms with Crippen LogP contribution in [-0.2, 0) is 0 Å². The molecule has 0 heterocycles. The minimum absolute atomic E-state index is 0. The van der Waals surface area contributed by atoms with Crippen LogP contribution in [0.1, 0.15) is 0 Å². The summed E-state index contributed by atoms with van der Waals surface area (Å²) in [4.78, 5) is 1.59. The van der Waals surface area contributed by atoms with Gasteiger partial charge >= 0.3 is 0 Å². The van der Waals surface area contributed by atoms with Gasteiger partial charge in [-0.1, -0.05) is 0 Å². The van der Waals surface area contributed by atoms with E-state index >= 15 is 0 Å². The highest BCUT2D eigenvalue weighted by Crippen LogP contribution is 1.70. The highest BCUT2D eigenvalue weighted by molar-refractivity contribution is 5.85. The fourth-order valence-electron chi connectivity index (χ4n) is 0.218. The molecule has 6 N–H and O–H groups in total. The standard InChI is InChI=1S/C4H12N6.ClH/c1-10(2)4(7)9-8-3(5)6;/h1-2H3,(H2,7,9)(H4,5,6,8);1H. The lowest BCUT2D eigenvalue weighted by Crippen LogP contribution is -2.35. The van der Waals surface area contributed by atoms with Gasteiger partial charge in [0.1, 0.15) is 0 Å². The predicted molar refractivity (Wildman–Crippen MR) is 47.6 cm³/mol. The Morgan fingerprint density at radius 1 is 1.45 bits per heavy atom. The van der Waals surface area contributed by atoms with Gasteiger partial charge in [-0.25, -0.2) is 5.43 Å². The Kier molecular flexibility index (Phi) is 6.37. The number of guanidine groups is 2. The average molecular weight is 181 g/mol. The first-order chi connectivity index (χ1) is 4.54. The van der Waals surface area contributed by atoms with E-state index in [1.165, 1.54) is 0 Å². The molecule has 0 aromatic heterocycles. The summed E-state index contributed by atoms with van der Waals surface area (Å²) in [6.07, 6.45) is 0. The number of rotatable bonds is 1. The summed E-state index contributed by atoms with van der Waals surface area (Å²) in [5, 5.41) is 10.3. The van der Waals surface area contributed by atoms with Gasteiger partial charge in [-0.2, -0.15) is 0 Å². The van der Waals surface area contributed by atoms with E-state index in [9.17, 15) is 0 Å². The van der Waals surface area contributed by atoms with Gasteiger partial charge < -0.3 is 16.4 Å². The van der Waals surface area contributed by atoms with Crippen LogP contribution < -0.4 is 16.9 Å². The largest absolute Gasteiger partial charge is 0.369 e. The lowest BCUT2D eigenvalue weighted by molar-refractivity contribution is 0.607. The molecule has 0 aliphatic rings. The van der Waals surface area contributed by atoms with E-state index in [4.69, 9.17) is 16.9 Å². The van der Waals surface area contributed by atoms with Gasteiger partial charge in [-0.3, -0.25) is 5.41 Å². The molecule has 0 bridgehead atoms. The molecule has 0 amide bonds. The third-order valence-electron chi connectivity index (χ3n) is 0.749. The van der Waals surface area contributed by atoms with Crippen molar-refractivity contribution in [3.8, 4) is 0 Å². The zero-order valence-corrected chi connectivity index (χ0v) is 7.27. The Bertz CT molecular complexity index is 153. The molecule has 6 nitrogen and oxygen atoms in total. The Labute approximate surface area is 71.5 Å². The summed E-state index contributed by atoms with van der Waals surface area (Å²) in [6.45, 7) is 0. The van der Waals surface area contributed by atoms with Crippen LogP contribution in [0.3, 0.4) is 0 Å². The first-order valence-corrected chi connectivity index (χ1v) is 2.64. The first-order valence-electron chi connectivity index (χ1n) is 2.64. The van der Waals surface area contributed by atoms with Crippen molar-refractivity contribution in [3.05, 3.63) is 0 Å². The summed E-state index contributed by atoms with van der Waals surface area (Å²) >= 11 is 0. The minimum Gasteiger partial charge on any atom is -0.369 e. The van der Waals surface area contributed by atoms with Gasteiger partial charge in [0.05, 0.1) is 0 Å². The van der Waals surface area contributed by atoms with Crippen LogP contribution in [0.2, 0.25) is 0 Å². The Morgan fingerprint density at radius 2 is 1.91 bits per heavy atom. The summed E-state index contributed by atoms with van der Waals surface area (Å²) in [5.74, 6) is 0.0417. The second kappa shape index (κ2) is 5.60. The van der Waals surface area contributed by atoms with Crippen LogP contribution in [-0.4, -0.2) is 30.9 Å². The zero-order chi connectivity index (χ0) is 8.15. The zero-order valence-electron chi connectivity index (χ0n) is 6.46. The third kappa shape index (κ3) is 6.72. The Hall–Kier alpha value is -1.17. The Morgan fingerprint density at radius 3 is 2.18 bits per heavy atom. The van der Waals surface area contributed by atoms with Gasteiger partial charge in [0.2, 0.25) is 11.9 Å². The number of nitrogens with one attached hydrogen (secondary N) is 2. The van der Waals surface area contributed by atoms with Gasteiger partial charge in [-0.05, 0) is 0 Å². The summed E-state index contributed by atoms with van der Waals surface area (Å²) < 4.78 is 0. The number of nitrogens with two attached hydrogens (primary N) is 2. The second-order valence-corrected chi connectivity index (χ2v) is 1.89. The van der Waals surface area contributed by atoms with Crippen molar-refractivity contribution in [1.82, 2.24) is 10.3 Å². The van der Waals surface area contributed by atoms with Gasteiger partial charge in [-0.15, -0.1) is 17.5 Å². The first kappa shape index (κ1) is 12.5. The number of hydrogen-bond acceptors (Lipinski definition) is 2. The molecule has 0 saturated heterocycles. The molecule has 0 radical (unpaired) electrons. The highest BCUT2D eigenvalue weighted by atomic mass is 35.5. The monoisotopic (exact) mass is 180 g/mol. The molecule has 66 valence electrons. The SMILES string of the molecule is CN(C)/C(N)=N/NC(=N)N.Cl. The van der Waals surface area contributed by atoms with Gasteiger partial charge in [0.25, 0.3) is 0 Å². The fourth-order valence-corrected chi connectivity index (χ4v) is 0.218. The molecule has 0 atom stereocenters. The van der Waals surface area contributed by atoms with E-state index in [1.807, 2.05) is 0 Å².